The Kier molecular flexibility index (Phi) is 6.75. The predicted octanol–water partition coefficient (Wildman–Crippen LogP) is 5.60. The maximum Gasteiger partial charge on any atom is 0.495 e. The van der Waals surface area contributed by atoms with Gasteiger partial charge in [0.1, 0.15) is 0 Å². The molecule has 0 saturated carbocycles. The average Bonchev–Trinajstić information content (AvgIpc) is 2.31. The highest BCUT2D eigenvalue weighted by Gasteiger charge is 2.71. The Labute approximate surface area is 135 Å². The first kappa shape index (κ1) is 25.5. The molecule has 0 aliphatic carbocycles. The number of alkyl halides is 13. The molecule has 162 valence electrons. The highest BCUT2D eigenvalue weighted by molar-refractivity contribution is 5.00. The summed E-state index contributed by atoms with van der Waals surface area (Å²) in [4.78, 5) is 0. The maximum absolute atomic E-state index is 12.7. The van der Waals surface area contributed by atoms with Crippen LogP contribution < -0.4 is 0 Å². The van der Waals surface area contributed by atoms with Gasteiger partial charge in [-0.2, -0.15) is 61.5 Å². The molecule has 3 nitrogen and oxygen atoms in total. The summed E-state index contributed by atoms with van der Waals surface area (Å²) in [6, 6.07) is 0. The van der Waals surface area contributed by atoms with Crippen molar-refractivity contribution >= 4 is 0 Å². The van der Waals surface area contributed by atoms with Crippen LogP contribution >= 0.6 is 0 Å². The minimum atomic E-state index is -7.24. The van der Waals surface area contributed by atoms with Crippen LogP contribution in [0.1, 0.15) is 0 Å². The molecule has 27 heavy (non-hydrogen) atoms. The maximum atomic E-state index is 12.7. The molecular weight excluding hydrogens is 448 g/mol. The highest BCUT2D eigenvalue weighted by Crippen LogP contribution is 2.47. The van der Waals surface area contributed by atoms with E-state index in [0.29, 0.717) is 0 Å². The molecule has 0 rings (SSSR count). The van der Waals surface area contributed by atoms with Gasteiger partial charge in [0.2, 0.25) is 0 Å². The molecule has 0 unspecified atom stereocenters. The van der Waals surface area contributed by atoms with Gasteiger partial charge < -0.3 is 0 Å². The van der Waals surface area contributed by atoms with Crippen molar-refractivity contribution in [3.05, 3.63) is 11.9 Å². The summed E-state index contributed by atoms with van der Waals surface area (Å²) in [5.41, 5.74) is 0. The van der Waals surface area contributed by atoms with Crippen LogP contribution in [0.25, 0.3) is 0 Å². The second-order valence-electron chi connectivity index (χ2n) is 3.91. The number of rotatable bonds is 8. The van der Waals surface area contributed by atoms with E-state index < -0.39 is 48.8 Å². The summed E-state index contributed by atoms with van der Waals surface area (Å²) in [6.07, 6.45) is -46.0. The lowest BCUT2D eigenvalue weighted by Gasteiger charge is -2.31. The van der Waals surface area contributed by atoms with Crippen LogP contribution in [0.2, 0.25) is 0 Å². The molecule has 0 aromatic carbocycles. The van der Waals surface area contributed by atoms with Crippen LogP contribution in [-0.2, 0) is 14.2 Å². The standard InChI is InChI=1S/C8F16O3/c9-1(2(10)11)3(12,13)25-6(19,20)7(21,22)27-8(23,24)26-5(17,18)4(14,15)16. The Balaban J connectivity index is 5.58. The van der Waals surface area contributed by atoms with Gasteiger partial charge in [-0.25, -0.2) is 14.2 Å². The average molecular weight is 448 g/mol. The number of hydrogen-bond donors (Lipinski definition) is 0. The molecule has 0 aliphatic rings. The summed E-state index contributed by atoms with van der Waals surface area (Å²) < 4.78 is 200. The molecule has 19 heteroatoms. The normalized spacial score (nSPS) is 15.1. The van der Waals surface area contributed by atoms with E-state index >= 15 is 0 Å². The van der Waals surface area contributed by atoms with Crippen molar-refractivity contribution in [1.29, 1.82) is 0 Å². The van der Waals surface area contributed by atoms with E-state index in [1.54, 1.807) is 4.74 Å². The second-order valence-corrected chi connectivity index (χ2v) is 3.91. The molecule has 0 aromatic heterocycles. The Morgan fingerprint density at radius 3 is 1.15 bits per heavy atom. The molecule has 0 spiro atoms. The fourth-order valence-corrected chi connectivity index (χ4v) is 0.812. The van der Waals surface area contributed by atoms with Crippen LogP contribution in [-0.4, -0.2) is 36.9 Å². The van der Waals surface area contributed by atoms with Crippen LogP contribution in [0.15, 0.2) is 11.9 Å². The fourth-order valence-electron chi connectivity index (χ4n) is 0.812. The van der Waals surface area contributed by atoms with Crippen molar-refractivity contribution in [2.24, 2.45) is 0 Å². The molecule has 0 atom stereocenters. The van der Waals surface area contributed by atoms with E-state index in [1.807, 2.05) is 0 Å². The van der Waals surface area contributed by atoms with Gasteiger partial charge in [0, 0.05) is 0 Å². The largest absolute Gasteiger partial charge is 0.495 e. The SMILES string of the molecule is FC(F)=C(F)C(F)(F)OC(F)(F)C(F)(F)OC(F)(F)OC(F)(F)C(F)(F)F. The van der Waals surface area contributed by atoms with Gasteiger partial charge in [0.15, 0.2) is 0 Å². The Hall–Kier alpha value is -1.50. The first-order valence-corrected chi connectivity index (χ1v) is 5.25. The van der Waals surface area contributed by atoms with Gasteiger partial charge in [-0.1, -0.05) is 0 Å². The van der Waals surface area contributed by atoms with E-state index in [0.717, 1.165) is 0 Å². The minimum absolute atomic E-state index is 1.46. The van der Waals surface area contributed by atoms with Gasteiger partial charge in [-0.15, -0.1) is 8.78 Å². The smallest absolute Gasteiger partial charge is 0.242 e. The fraction of sp³-hybridized carbons (Fsp3) is 0.750. The summed E-state index contributed by atoms with van der Waals surface area (Å²) in [5, 5.41) is 0. The lowest BCUT2D eigenvalue weighted by atomic mass is 10.5. The van der Waals surface area contributed by atoms with Crippen molar-refractivity contribution in [3.63, 3.8) is 0 Å². The van der Waals surface area contributed by atoms with E-state index in [4.69, 9.17) is 0 Å². The van der Waals surface area contributed by atoms with Crippen LogP contribution in [0.5, 0.6) is 0 Å². The molecule has 0 aliphatic heterocycles. The zero-order chi connectivity index (χ0) is 22.3. The molecular formula is C8F16O3. The van der Waals surface area contributed by atoms with E-state index in [9.17, 15) is 70.2 Å². The lowest BCUT2D eigenvalue weighted by Crippen LogP contribution is -2.54. The molecule has 0 bridgehead atoms. The third kappa shape index (κ3) is 6.26. The van der Waals surface area contributed by atoms with Gasteiger partial charge in [0.05, 0.1) is 0 Å². The van der Waals surface area contributed by atoms with Crippen molar-refractivity contribution in [2.75, 3.05) is 0 Å². The predicted molar refractivity (Wildman–Crippen MR) is 44.4 cm³/mol. The molecule has 0 saturated heterocycles. The van der Waals surface area contributed by atoms with E-state index in [1.165, 1.54) is 9.47 Å². The first-order chi connectivity index (χ1) is 11.5. The second kappa shape index (κ2) is 7.15. The van der Waals surface area contributed by atoms with Crippen molar-refractivity contribution in [2.45, 2.75) is 36.9 Å². The topological polar surface area (TPSA) is 27.7 Å². The van der Waals surface area contributed by atoms with Crippen LogP contribution in [0.3, 0.4) is 0 Å². The zero-order valence-electron chi connectivity index (χ0n) is 11.3. The van der Waals surface area contributed by atoms with Gasteiger partial charge >= 0.3 is 43.0 Å². The van der Waals surface area contributed by atoms with Crippen LogP contribution in [0, 0.1) is 0 Å². The lowest BCUT2D eigenvalue weighted by molar-refractivity contribution is -0.578. The Morgan fingerprint density at radius 2 is 0.815 bits per heavy atom. The molecule has 0 N–H and O–H groups in total. The quantitative estimate of drug-likeness (QED) is 0.358. The van der Waals surface area contributed by atoms with Crippen molar-refractivity contribution in [3.8, 4) is 0 Å². The monoisotopic (exact) mass is 448 g/mol. The minimum Gasteiger partial charge on any atom is -0.242 e. The van der Waals surface area contributed by atoms with Gasteiger partial charge in [-0.05, 0) is 0 Å². The summed E-state index contributed by atoms with van der Waals surface area (Å²) in [7, 11) is 0. The zero-order valence-corrected chi connectivity index (χ0v) is 11.3. The Morgan fingerprint density at radius 1 is 0.481 bits per heavy atom. The first-order valence-electron chi connectivity index (χ1n) is 5.25. The molecule has 0 heterocycles. The van der Waals surface area contributed by atoms with Gasteiger partial charge in [0.25, 0.3) is 5.83 Å². The molecule has 0 amide bonds. The van der Waals surface area contributed by atoms with Crippen LogP contribution in [0.4, 0.5) is 70.2 Å². The summed E-state index contributed by atoms with van der Waals surface area (Å²) in [6.45, 7) is 0. The number of hydrogen-bond acceptors (Lipinski definition) is 3. The highest BCUT2D eigenvalue weighted by atomic mass is 19.4. The molecule has 0 aromatic rings. The summed E-state index contributed by atoms with van der Waals surface area (Å²) >= 11 is 0. The van der Waals surface area contributed by atoms with Gasteiger partial charge in [-0.3, -0.25) is 0 Å². The van der Waals surface area contributed by atoms with E-state index in [2.05, 4.69) is 0 Å². The van der Waals surface area contributed by atoms with Crippen molar-refractivity contribution < 1.29 is 84.5 Å². The number of ether oxygens (including phenoxy) is 3. The molecule has 0 radical (unpaired) electrons. The third-order valence-electron chi connectivity index (χ3n) is 1.84. The molecule has 0 fully saturated rings. The number of halogens is 16. The Bertz CT molecular complexity index is 559. The third-order valence-corrected chi connectivity index (χ3v) is 1.84. The van der Waals surface area contributed by atoms with Crippen molar-refractivity contribution in [1.82, 2.24) is 0 Å². The summed E-state index contributed by atoms with van der Waals surface area (Å²) in [5.74, 6) is -4.19. The van der Waals surface area contributed by atoms with E-state index in [-0.39, 0.29) is 0 Å².